The van der Waals surface area contributed by atoms with Crippen molar-refractivity contribution in [3.63, 3.8) is 0 Å². The van der Waals surface area contributed by atoms with Gasteiger partial charge in [0.25, 0.3) is 0 Å². The van der Waals surface area contributed by atoms with Crippen molar-refractivity contribution in [2.24, 2.45) is 0 Å². The Balaban J connectivity index is 1.67. The number of ether oxygens (including phenoxy) is 2. The summed E-state index contributed by atoms with van der Waals surface area (Å²) >= 11 is 1.62. The second-order valence-corrected chi connectivity index (χ2v) is 4.80. The lowest BCUT2D eigenvalue weighted by atomic mass is 10.1. The topological polar surface area (TPSA) is 50.7 Å². The summed E-state index contributed by atoms with van der Waals surface area (Å²) in [6, 6.07) is 7.48. The molecule has 0 saturated heterocycles. The molecule has 3 rings (SSSR count). The molecule has 2 N–H and O–H groups in total. The molecule has 0 aliphatic carbocycles. The largest absolute Gasteiger partial charge is 0.454 e. The lowest BCUT2D eigenvalue weighted by Gasteiger charge is -2.12. The minimum absolute atomic E-state index is 0.252. The molecule has 1 aliphatic rings. The Bertz CT molecular complexity index is 527. The van der Waals surface area contributed by atoms with Crippen LogP contribution in [0.25, 0.3) is 0 Å². The van der Waals surface area contributed by atoms with E-state index in [0.29, 0.717) is 12.3 Å². The predicted molar refractivity (Wildman–Crippen MR) is 70.3 cm³/mol. The number of hydrogen-bond acceptors (Lipinski definition) is 5. The van der Waals surface area contributed by atoms with Crippen LogP contribution in [0.4, 0.5) is 5.69 Å². The maximum Gasteiger partial charge on any atom is 0.231 e. The van der Waals surface area contributed by atoms with Gasteiger partial charge in [-0.15, -0.1) is 0 Å². The number of benzene rings is 1. The van der Waals surface area contributed by atoms with E-state index in [-0.39, 0.29) is 6.79 Å². The highest BCUT2D eigenvalue weighted by molar-refractivity contribution is 7.08. The van der Waals surface area contributed by atoms with Crippen molar-refractivity contribution < 1.29 is 14.6 Å². The third kappa shape index (κ3) is 2.27. The molecule has 5 heteroatoms. The van der Waals surface area contributed by atoms with Crippen molar-refractivity contribution >= 4 is 17.0 Å². The van der Waals surface area contributed by atoms with Crippen LogP contribution in [-0.2, 0) is 0 Å². The molecule has 1 unspecified atom stereocenters. The van der Waals surface area contributed by atoms with Crippen LogP contribution < -0.4 is 14.8 Å². The molecule has 0 radical (unpaired) electrons. The van der Waals surface area contributed by atoms with Crippen molar-refractivity contribution in [3.8, 4) is 11.5 Å². The van der Waals surface area contributed by atoms with Gasteiger partial charge in [-0.05, 0) is 29.1 Å². The van der Waals surface area contributed by atoms with Gasteiger partial charge in [-0.3, -0.25) is 0 Å². The minimum atomic E-state index is -0.570. The summed E-state index contributed by atoms with van der Waals surface area (Å²) in [6.45, 7) is 0.721. The first kappa shape index (κ1) is 11.4. The predicted octanol–water partition coefficient (Wildman–Crippen LogP) is 2.62. The quantitative estimate of drug-likeness (QED) is 0.890. The molecule has 94 valence electrons. The van der Waals surface area contributed by atoms with E-state index in [4.69, 9.17) is 9.47 Å². The van der Waals surface area contributed by atoms with Crippen LogP contribution in [-0.4, -0.2) is 18.4 Å². The fourth-order valence-electron chi connectivity index (χ4n) is 1.82. The first-order chi connectivity index (χ1) is 8.83. The van der Waals surface area contributed by atoms with E-state index in [0.717, 1.165) is 17.0 Å². The van der Waals surface area contributed by atoms with E-state index in [2.05, 4.69) is 5.32 Å². The molecule has 1 aliphatic heterocycles. The Morgan fingerprint density at radius 3 is 3.00 bits per heavy atom. The van der Waals surface area contributed by atoms with Crippen LogP contribution >= 0.6 is 11.3 Å². The summed E-state index contributed by atoms with van der Waals surface area (Å²) in [5, 5.41) is 17.3. The highest BCUT2D eigenvalue weighted by Gasteiger charge is 2.16. The molecular weight excluding hydrogens is 250 g/mol. The summed E-state index contributed by atoms with van der Waals surface area (Å²) in [5.41, 5.74) is 1.85. The number of hydrogen-bond donors (Lipinski definition) is 2. The van der Waals surface area contributed by atoms with E-state index in [1.165, 1.54) is 0 Å². The highest BCUT2D eigenvalue weighted by atomic mass is 32.1. The van der Waals surface area contributed by atoms with Crippen LogP contribution in [0, 0.1) is 0 Å². The van der Waals surface area contributed by atoms with Gasteiger partial charge in [-0.2, -0.15) is 11.3 Å². The molecule has 2 heterocycles. The van der Waals surface area contributed by atoms with Crippen LogP contribution in [0.15, 0.2) is 35.0 Å². The van der Waals surface area contributed by atoms with Gasteiger partial charge in [-0.25, -0.2) is 0 Å². The van der Waals surface area contributed by atoms with E-state index >= 15 is 0 Å². The highest BCUT2D eigenvalue weighted by Crippen LogP contribution is 2.34. The fourth-order valence-corrected chi connectivity index (χ4v) is 2.43. The average molecular weight is 263 g/mol. The maximum absolute atomic E-state index is 10.1. The van der Waals surface area contributed by atoms with Gasteiger partial charge >= 0.3 is 0 Å². The standard InChI is InChI=1S/C13H13NO3S/c15-11(6-14-10-3-4-18-7-10)9-1-2-12-13(5-9)17-8-16-12/h1-5,7,11,14-15H,6,8H2. The van der Waals surface area contributed by atoms with E-state index in [9.17, 15) is 5.11 Å². The molecule has 0 amide bonds. The molecule has 1 aromatic carbocycles. The normalized spacial score (nSPS) is 14.5. The number of aliphatic hydroxyl groups is 1. The van der Waals surface area contributed by atoms with Crippen LogP contribution in [0.3, 0.4) is 0 Å². The van der Waals surface area contributed by atoms with Gasteiger partial charge < -0.3 is 19.9 Å². The lowest BCUT2D eigenvalue weighted by Crippen LogP contribution is -2.11. The van der Waals surface area contributed by atoms with Gasteiger partial charge in [0.1, 0.15) is 0 Å². The molecule has 1 aromatic heterocycles. The smallest absolute Gasteiger partial charge is 0.231 e. The Kier molecular flexibility index (Phi) is 3.08. The minimum Gasteiger partial charge on any atom is -0.454 e. The monoisotopic (exact) mass is 263 g/mol. The summed E-state index contributed by atoms with van der Waals surface area (Å²) in [7, 11) is 0. The molecule has 4 nitrogen and oxygen atoms in total. The number of anilines is 1. The van der Waals surface area contributed by atoms with Crippen molar-refractivity contribution in [2.45, 2.75) is 6.10 Å². The van der Waals surface area contributed by atoms with Gasteiger partial charge in [0, 0.05) is 17.6 Å². The zero-order valence-electron chi connectivity index (χ0n) is 9.63. The number of nitrogens with one attached hydrogen (secondary N) is 1. The second kappa shape index (κ2) is 4.88. The average Bonchev–Trinajstić information content (AvgIpc) is 3.05. The summed E-state index contributed by atoms with van der Waals surface area (Å²) in [4.78, 5) is 0. The second-order valence-electron chi connectivity index (χ2n) is 4.02. The van der Waals surface area contributed by atoms with Crippen molar-refractivity contribution in [3.05, 3.63) is 40.6 Å². The first-order valence-corrected chi connectivity index (χ1v) is 6.61. The van der Waals surface area contributed by atoms with Gasteiger partial charge in [-0.1, -0.05) is 6.07 Å². The van der Waals surface area contributed by atoms with Crippen molar-refractivity contribution in [2.75, 3.05) is 18.7 Å². The third-order valence-corrected chi connectivity index (χ3v) is 3.49. The molecular formula is C13H13NO3S. The SMILES string of the molecule is OC(CNc1ccsc1)c1ccc2c(c1)OCO2. The Labute approximate surface area is 109 Å². The Morgan fingerprint density at radius 2 is 2.17 bits per heavy atom. The van der Waals surface area contributed by atoms with Crippen LogP contribution in [0.5, 0.6) is 11.5 Å². The van der Waals surface area contributed by atoms with Crippen molar-refractivity contribution in [1.82, 2.24) is 0 Å². The van der Waals surface area contributed by atoms with Crippen molar-refractivity contribution in [1.29, 1.82) is 0 Å². The van der Waals surface area contributed by atoms with Gasteiger partial charge in [0.15, 0.2) is 11.5 Å². The lowest BCUT2D eigenvalue weighted by molar-refractivity contribution is 0.173. The number of thiophene rings is 1. The molecule has 0 fully saturated rings. The van der Waals surface area contributed by atoms with Gasteiger partial charge in [0.2, 0.25) is 6.79 Å². The molecule has 0 saturated carbocycles. The number of rotatable bonds is 4. The summed E-state index contributed by atoms with van der Waals surface area (Å²) in [6.07, 6.45) is -0.570. The fraction of sp³-hybridized carbons (Fsp3) is 0.231. The number of aliphatic hydroxyl groups excluding tert-OH is 1. The summed E-state index contributed by atoms with van der Waals surface area (Å²) < 4.78 is 10.5. The summed E-state index contributed by atoms with van der Waals surface area (Å²) in [5.74, 6) is 1.43. The zero-order chi connectivity index (χ0) is 12.4. The Hall–Kier alpha value is -1.72. The Morgan fingerprint density at radius 1 is 1.28 bits per heavy atom. The molecule has 2 aromatic rings. The van der Waals surface area contributed by atoms with Crippen LogP contribution in [0.2, 0.25) is 0 Å². The van der Waals surface area contributed by atoms with Crippen LogP contribution in [0.1, 0.15) is 11.7 Å². The molecule has 0 spiro atoms. The van der Waals surface area contributed by atoms with E-state index in [1.54, 1.807) is 11.3 Å². The van der Waals surface area contributed by atoms with E-state index < -0.39 is 6.10 Å². The zero-order valence-corrected chi connectivity index (χ0v) is 10.4. The molecule has 18 heavy (non-hydrogen) atoms. The molecule has 0 bridgehead atoms. The number of fused-ring (bicyclic) bond motifs is 1. The van der Waals surface area contributed by atoms with Gasteiger partial charge in [0.05, 0.1) is 6.10 Å². The van der Waals surface area contributed by atoms with E-state index in [1.807, 2.05) is 35.0 Å². The first-order valence-electron chi connectivity index (χ1n) is 5.66. The molecule has 1 atom stereocenters. The third-order valence-electron chi connectivity index (χ3n) is 2.80. The maximum atomic E-state index is 10.1.